The second-order valence-corrected chi connectivity index (χ2v) is 7.63. The number of anilines is 1. The fourth-order valence-electron chi connectivity index (χ4n) is 2.81. The highest BCUT2D eigenvalue weighted by atomic mass is 32.2. The molecule has 0 spiro atoms. The van der Waals surface area contributed by atoms with Crippen molar-refractivity contribution in [1.82, 2.24) is 24.5 Å². The van der Waals surface area contributed by atoms with Crippen molar-refractivity contribution in [3.8, 4) is 11.4 Å². The molecule has 1 aliphatic heterocycles. The van der Waals surface area contributed by atoms with Gasteiger partial charge in [0.15, 0.2) is 0 Å². The highest BCUT2D eigenvalue weighted by Gasteiger charge is 2.36. The minimum absolute atomic E-state index is 0.352. The summed E-state index contributed by atoms with van der Waals surface area (Å²) in [4.78, 5) is 12.6. The van der Waals surface area contributed by atoms with Gasteiger partial charge in [-0.05, 0) is 29.3 Å². The van der Waals surface area contributed by atoms with Gasteiger partial charge in [-0.15, -0.1) is 5.10 Å². The minimum Gasteiger partial charge on any atom is -0.497 e. The molecule has 1 aliphatic rings. The summed E-state index contributed by atoms with van der Waals surface area (Å²) < 4.78 is 31.5. The smallest absolute Gasteiger partial charge is 0.242 e. The number of aromatic nitrogens is 4. The summed E-state index contributed by atoms with van der Waals surface area (Å²) in [7, 11) is -1.92. The van der Waals surface area contributed by atoms with Crippen LogP contribution in [0.5, 0.6) is 5.75 Å². The van der Waals surface area contributed by atoms with E-state index in [1.54, 1.807) is 18.2 Å². The van der Waals surface area contributed by atoms with Gasteiger partial charge in [-0.2, -0.15) is 4.31 Å². The van der Waals surface area contributed by atoms with E-state index in [2.05, 4.69) is 20.8 Å². The van der Waals surface area contributed by atoms with E-state index in [1.807, 2.05) is 0 Å². The SMILES string of the molecule is COc1cc(NC(=O)[C@@H]2CCCN2S(C)(=O)=O)cc(-n2cnnn2)c1. The van der Waals surface area contributed by atoms with Gasteiger partial charge in [0.1, 0.15) is 18.1 Å². The zero-order valence-electron chi connectivity index (χ0n) is 13.8. The van der Waals surface area contributed by atoms with Crippen LogP contribution < -0.4 is 10.1 Å². The number of carbonyl (C=O) groups is 1. The molecule has 1 N–H and O–H groups in total. The Morgan fingerprint density at radius 2 is 2.16 bits per heavy atom. The van der Waals surface area contributed by atoms with E-state index in [9.17, 15) is 13.2 Å². The molecule has 0 saturated carbocycles. The first-order chi connectivity index (χ1) is 11.9. The van der Waals surface area contributed by atoms with Crippen LogP contribution in [0.3, 0.4) is 0 Å². The number of hydrogen-bond acceptors (Lipinski definition) is 7. The summed E-state index contributed by atoms with van der Waals surface area (Å²) in [6, 6.07) is 4.32. The molecular formula is C14H18N6O4S. The molecular weight excluding hydrogens is 348 g/mol. The first kappa shape index (κ1) is 17.3. The largest absolute Gasteiger partial charge is 0.497 e. The lowest BCUT2D eigenvalue weighted by atomic mass is 10.2. The molecule has 1 aromatic heterocycles. The fourth-order valence-corrected chi connectivity index (χ4v) is 3.93. The number of tetrazole rings is 1. The Morgan fingerprint density at radius 3 is 2.80 bits per heavy atom. The lowest BCUT2D eigenvalue weighted by Crippen LogP contribution is -2.42. The average molecular weight is 366 g/mol. The molecule has 3 rings (SSSR count). The Balaban J connectivity index is 1.85. The lowest BCUT2D eigenvalue weighted by Gasteiger charge is -2.21. The number of nitrogens with one attached hydrogen (secondary N) is 1. The van der Waals surface area contributed by atoms with Gasteiger partial charge in [0.2, 0.25) is 15.9 Å². The van der Waals surface area contributed by atoms with Gasteiger partial charge in [-0.3, -0.25) is 4.79 Å². The molecule has 10 nitrogen and oxygen atoms in total. The summed E-state index contributed by atoms with van der Waals surface area (Å²) in [5.74, 6) is 0.133. The molecule has 0 aliphatic carbocycles. The molecule has 0 radical (unpaired) electrons. The third-order valence-electron chi connectivity index (χ3n) is 3.94. The van der Waals surface area contributed by atoms with E-state index in [0.717, 1.165) is 6.26 Å². The molecule has 1 aromatic carbocycles. The van der Waals surface area contributed by atoms with Crippen molar-refractivity contribution in [3.63, 3.8) is 0 Å². The van der Waals surface area contributed by atoms with Crippen LogP contribution in [0.4, 0.5) is 5.69 Å². The molecule has 1 amide bonds. The fraction of sp³-hybridized carbons (Fsp3) is 0.429. The average Bonchev–Trinajstić information content (AvgIpc) is 3.25. The van der Waals surface area contributed by atoms with E-state index in [0.29, 0.717) is 36.5 Å². The summed E-state index contributed by atoms with van der Waals surface area (Å²) in [5.41, 5.74) is 1.07. The van der Waals surface area contributed by atoms with Crippen molar-refractivity contribution in [2.75, 3.05) is 25.2 Å². The lowest BCUT2D eigenvalue weighted by molar-refractivity contribution is -0.119. The number of benzene rings is 1. The number of methoxy groups -OCH3 is 1. The number of sulfonamides is 1. The van der Waals surface area contributed by atoms with Crippen LogP contribution >= 0.6 is 0 Å². The van der Waals surface area contributed by atoms with Crippen molar-refractivity contribution in [1.29, 1.82) is 0 Å². The van der Waals surface area contributed by atoms with Gasteiger partial charge < -0.3 is 10.1 Å². The number of ether oxygens (including phenoxy) is 1. The predicted molar refractivity (Wildman–Crippen MR) is 88.9 cm³/mol. The second-order valence-electron chi connectivity index (χ2n) is 5.70. The third kappa shape index (κ3) is 3.77. The Bertz CT molecular complexity index is 867. The maximum absolute atomic E-state index is 12.6. The maximum atomic E-state index is 12.6. The molecule has 1 fully saturated rings. The van der Waals surface area contributed by atoms with Crippen LogP contribution in [0.15, 0.2) is 24.5 Å². The highest BCUT2D eigenvalue weighted by Crippen LogP contribution is 2.25. The number of amides is 1. The molecule has 1 saturated heterocycles. The summed E-state index contributed by atoms with van der Waals surface area (Å²) >= 11 is 0. The summed E-state index contributed by atoms with van der Waals surface area (Å²) in [6.07, 6.45) is 3.67. The monoisotopic (exact) mass is 366 g/mol. The van der Waals surface area contributed by atoms with Crippen LogP contribution in [0.25, 0.3) is 5.69 Å². The van der Waals surface area contributed by atoms with Gasteiger partial charge in [-0.1, -0.05) is 0 Å². The quantitative estimate of drug-likeness (QED) is 0.793. The zero-order chi connectivity index (χ0) is 18.0. The van der Waals surface area contributed by atoms with Crippen molar-refractivity contribution in [2.45, 2.75) is 18.9 Å². The standard InChI is InChI=1S/C14H18N6O4S/c1-24-12-7-10(6-11(8-12)19-9-15-17-18-19)16-14(21)13-4-3-5-20(13)25(2,22)23/h6-9,13H,3-5H2,1-2H3,(H,16,21)/t13-/m0/s1. The number of hydrogen-bond donors (Lipinski definition) is 1. The highest BCUT2D eigenvalue weighted by molar-refractivity contribution is 7.88. The predicted octanol–water partition coefficient (Wildman–Crippen LogP) is 0.0334. The van der Waals surface area contributed by atoms with E-state index in [4.69, 9.17) is 4.74 Å². The number of rotatable bonds is 5. The van der Waals surface area contributed by atoms with Gasteiger partial charge in [0.25, 0.3) is 0 Å². The van der Waals surface area contributed by atoms with Crippen LogP contribution in [-0.4, -0.2) is 64.8 Å². The Hall–Kier alpha value is -2.53. The van der Waals surface area contributed by atoms with Crippen molar-refractivity contribution < 1.29 is 17.9 Å². The molecule has 134 valence electrons. The first-order valence-electron chi connectivity index (χ1n) is 7.58. The Morgan fingerprint density at radius 1 is 1.36 bits per heavy atom. The van der Waals surface area contributed by atoms with E-state index in [1.165, 1.54) is 22.4 Å². The normalized spacial score (nSPS) is 18.2. The summed E-state index contributed by atoms with van der Waals surface area (Å²) in [5, 5.41) is 13.7. The zero-order valence-corrected chi connectivity index (χ0v) is 14.6. The molecule has 2 aromatic rings. The Labute approximate surface area is 144 Å². The van der Waals surface area contributed by atoms with Gasteiger partial charge in [0, 0.05) is 24.4 Å². The molecule has 2 heterocycles. The van der Waals surface area contributed by atoms with E-state index < -0.39 is 16.1 Å². The van der Waals surface area contributed by atoms with Crippen LogP contribution in [0, 0.1) is 0 Å². The molecule has 0 bridgehead atoms. The van der Waals surface area contributed by atoms with E-state index in [-0.39, 0.29) is 5.91 Å². The summed E-state index contributed by atoms with van der Waals surface area (Å²) in [6.45, 7) is 0.352. The van der Waals surface area contributed by atoms with Gasteiger partial charge in [-0.25, -0.2) is 13.1 Å². The molecule has 0 unspecified atom stereocenters. The van der Waals surface area contributed by atoms with Crippen LogP contribution in [-0.2, 0) is 14.8 Å². The van der Waals surface area contributed by atoms with Crippen LogP contribution in [0.2, 0.25) is 0 Å². The second kappa shape index (κ2) is 6.76. The van der Waals surface area contributed by atoms with Crippen molar-refractivity contribution in [2.24, 2.45) is 0 Å². The maximum Gasteiger partial charge on any atom is 0.242 e. The number of carbonyl (C=O) groups excluding carboxylic acids is 1. The molecule has 1 atom stereocenters. The van der Waals surface area contributed by atoms with Crippen LogP contribution in [0.1, 0.15) is 12.8 Å². The van der Waals surface area contributed by atoms with Crippen molar-refractivity contribution >= 4 is 21.6 Å². The first-order valence-corrected chi connectivity index (χ1v) is 9.43. The molecule has 11 heteroatoms. The minimum atomic E-state index is -3.43. The third-order valence-corrected chi connectivity index (χ3v) is 5.23. The van der Waals surface area contributed by atoms with E-state index >= 15 is 0 Å². The van der Waals surface area contributed by atoms with Gasteiger partial charge in [0.05, 0.1) is 19.1 Å². The van der Waals surface area contributed by atoms with Gasteiger partial charge >= 0.3 is 0 Å². The van der Waals surface area contributed by atoms with Crippen molar-refractivity contribution in [3.05, 3.63) is 24.5 Å². The Kier molecular flexibility index (Phi) is 4.68. The topological polar surface area (TPSA) is 119 Å². The molecule has 25 heavy (non-hydrogen) atoms. The number of nitrogens with zero attached hydrogens (tertiary/aromatic N) is 5.